The summed E-state index contributed by atoms with van der Waals surface area (Å²) in [6.45, 7) is 1.52. The second-order valence-electron chi connectivity index (χ2n) is 4.42. The van der Waals surface area contributed by atoms with Crippen molar-refractivity contribution in [2.75, 3.05) is 6.54 Å². The number of halogens is 3. The molecule has 1 amide bonds. The average Bonchev–Trinajstić information content (AvgIpc) is 2.27. The third-order valence-corrected chi connectivity index (χ3v) is 3.22. The van der Waals surface area contributed by atoms with Crippen LogP contribution in [0, 0.1) is 0 Å². The van der Waals surface area contributed by atoms with E-state index in [1.54, 1.807) is 6.92 Å². The van der Waals surface area contributed by atoms with Crippen molar-refractivity contribution in [2.24, 2.45) is 0 Å². The topological polar surface area (TPSA) is 57.6 Å². The fraction of sp³-hybridized carbons (Fsp3) is 0.818. The molecule has 0 spiro atoms. The Morgan fingerprint density at radius 1 is 1.33 bits per heavy atom. The number of amides is 1. The summed E-state index contributed by atoms with van der Waals surface area (Å²) in [4.78, 5) is 23.4. The lowest BCUT2D eigenvalue weighted by Gasteiger charge is -2.44. The van der Waals surface area contributed by atoms with Crippen LogP contribution >= 0.6 is 0 Å². The molecule has 0 radical (unpaired) electrons. The number of aliphatic carboxylic acids is 1. The van der Waals surface area contributed by atoms with Gasteiger partial charge in [-0.2, -0.15) is 13.2 Å². The zero-order valence-corrected chi connectivity index (χ0v) is 10.1. The summed E-state index contributed by atoms with van der Waals surface area (Å²) >= 11 is 0. The number of piperidine rings is 1. The third-order valence-electron chi connectivity index (χ3n) is 3.22. The van der Waals surface area contributed by atoms with Gasteiger partial charge >= 0.3 is 12.1 Å². The lowest BCUT2D eigenvalue weighted by Crippen LogP contribution is -2.67. The van der Waals surface area contributed by atoms with Crippen molar-refractivity contribution in [1.29, 1.82) is 0 Å². The number of hydrogen-bond donors (Lipinski definition) is 1. The molecule has 104 valence electrons. The van der Waals surface area contributed by atoms with Crippen LogP contribution in [-0.2, 0) is 9.59 Å². The fourth-order valence-corrected chi connectivity index (χ4v) is 2.30. The fourth-order valence-electron chi connectivity index (χ4n) is 2.30. The van der Waals surface area contributed by atoms with Crippen molar-refractivity contribution in [3.05, 3.63) is 0 Å². The van der Waals surface area contributed by atoms with Crippen molar-refractivity contribution in [1.82, 2.24) is 4.90 Å². The maximum Gasteiger partial charge on any atom is 0.422 e. The Balaban J connectivity index is 3.18. The van der Waals surface area contributed by atoms with Gasteiger partial charge in [0.05, 0.1) is 0 Å². The molecule has 4 nitrogen and oxygen atoms in total. The number of carbonyl (C=O) groups is 2. The van der Waals surface area contributed by atoms with Crippen molar-refractivity contribution in [3.63, 3.8) is 0 Å². The number of nitrogens with zero attached hydrogens (tertiary/aromatic N) is 1. The Morgan fingerprint density at radius 2 is 1.94 bits per heavy atom. The number of likely N-dealkylation sites (tertiary alicyclic amines) is 1. The molecule has 0 aromatic rings. The number of carboxylic acid groups (broad SMARTS) is 1. The van der Waals surface area contributed by atoms with E-state index >= 15 is 0 Å². The molecule has 1 atom stereocenters. The molecule has 1 N–H and O–H groups in total. The van der Waals surface area contributed by atoms with Gasteiger partial charge < -0.3 is 10.0 Å². The average molecular weight is 267 g/mol. The summed E-state index contributed by atoms with van der Waals surface area (Å²) in [7, 11) is 0. The zero-order chi connectivity index (χ0) is 14.0. The monoisotopic (exact) mass is 267 g/mol. The predicted molar refractivity (Wildman–Crippen MR) is 56.9 cm³/mol. The summed E-state index contributed by atoms with van der Waals surface area (Å²) < 4.78 is 39.4. The SMILES string of the molecule is CCCC(=O)N1CCCCC1(C(=O)O)C(F)(F)F. The summed E-state index contributed by atoms with van der Waals surface area (Å²) in [5.41, 5.74) is -3.04. The molecule has 0 bridgehead atoms. The van der Waals surface area contributed by atoms with E-state index in [2.05, 4.69) is 0 Å². The summed E-state index contributed by atoms with van der Waals surface area (Å²) in [5.74, 6) is -2.73. The minimum absolute atomic E-state index is 0.0644. The van der Waals surface area contributed by atoms with E-state index in [4.69, 9.17) is 5.11 Å². The third kappa shape index (κ3) is 2.30. The first-order valence-electron chi connectivity index (χ1n) is 5.88. The Labute approximate surface area is 103 Å². The Bertz CT molecular complexity index is 343. The minimum Gasteiger partial charge on any atom is -0.479 e. The van der Waals surface area contributed by atoms with E-state index in [0.717, 1.165) is 0 Å². The van der Waals surface area contributed by atoms with Crippen LogP contribution in [0.15, 0.2) is 0 Å². The quantitative estimate of drug-likeness (QED) is 0.852. The Kier molecular flexibility index (Phi) is 4.24. The molecule has 18 heavy (non-hydrogen) atoms. The molecule has 1 aliphatic rings. The summed E-state index contributed by atoms with van der Waals surface area (Å²) in [6, 6.07) is 0. The molecule has 1 unspecified atom stereocenters. The normalized spacial score (nSPS) is 25.0. The van der Waals surface area contributed by atoms with Crippen LogP contribution < -0.4 is 0 Å². The summed E-state index contributed by atoms with van der Waals surface area (Å²) in [6.07, 6.45) is -4.64. The maximum atomic E-state index is 13.1. The first-order chi connectivity index (χ1) is 8.27. The van der Waals surface area contributed by atoms with Crippen LogP contribution in [0.1, 0.15) is 39.0 Å². The van der Waals surface area contributed by atoms with Gasteiger partial charge in [0.1, 0.15) is 0 Å². The number of carbonyl (C=O) groups excluding carboxylic acids is 1. The summed E-state index contributed by atoms with van der Waals surface area (Å²) in [5, 5.41) is 9.00. The second kappa shape index (κ2) is 5.16. The van der Waals surface area contributed by atoms with Crippen LogP contribution in [-0.4, -0.2) is 40.1 Å². The van der Waals surface area contributed by atoms with Gasteiger partial charge in [-0.05, 0) is 25.7 Å². The van der Waals surface area contributed by atoms with Gasteiger partial charge in [-0.1, -0.05) is 6.92 Å². The lowest BCUT2D eigenvalue weighted by atomic mass is 9.85. The lowest BCUT2D eigenvalue weighted by molar-refractivity contribution is -0.244. The van der Waals surface area contributed by atoms with E-state index < -0.39 is 30.0 Å². The second-order valence-corrected chi connectivity index (χ2v) is 4.42. The molecule has 0 aliphatic carbocycles. The Hall–Kier alpha value is -1.27. The maximum absolute atomic E-state index is 13.1. The molecule has 1 fully saturated rings. The molecule has 1 aliphatic heterocycles. The molecule has 1 rings (SSSR count). The molecular formula is C11H16F3NO3. The smallest absolute Gasteiger partial charge is 0.422 e. The molecule has 0 saturated carbocycles. The van der Waals surface area contributed by atoms with Crippen molar-refractivity contribution in [3.8, 4) is 0 Å². The molecule has 7 heteroatoms. The molecule has 1 saturated heterocycles. The van der Waals surface area contributed by atoms with Crippen molar-refractivity contribution < 1.29 is 27.9 Å². The van der Waals surface area contributed by atoms with Gasteiger partial charge in [-0.15, -0.1) is 0 Å². The minimum atomic E-state index is -4.96. The zero-order valence-electron chi connectivity index (χ0n) is 10.1. The number of hydrogen-bond acceptors (Lipinski definition) is 2. The highest BCUT2D eigenvalue weighted by Gasteiger charge is 2.66. The van der Waals surface area contributed by atoms with Gasteiger partial charge in [0.25, 0.3) is 0 Å². The predicted octanol–water partition coefficient (Wildman–Crippen LogP) is 2.18. The van der Waals surface area contributed by atoms with Crippen molar-refractivity contribution >= 4 is 11.9 Å². The van der Waals surface area contributed by atoms with E-state index in [1.165, 1.54) is 0 Å². The van der Waals surface area contributed by atoms with Crippen LogP contribution in [0.3, 0.4) is 0 Å². The molecule has 1 heterocycles. The van der Waals surface area contributed by atoms with Crippen LogP contribution in [0.2, 0.25) is 0 Å². The van der Waals surface area contributed by atoms with Gasteiger partial charge in [0.15, 0.2) is 0 Å². The highest BCUT2D eigenvalue weighted by atomic mass is 19.4. The number of rotatable bonds is 3. The first kappa shape index (κ1) is 14.8. The van der Waals surface area contributed by atoms with E-state index in [-0.39, 0.29) is 19.4 Å². The largest absolute Gasteiger partial charge is 0.479 e. The standard InChI is InChI=1S/C11H16F3NO3/c1-2-5-8(16)15-7-4-3-6-10(15,9(17)18)11(12,13)14/h2-7H2,1H3,(H,17,18). The molecular weight excluding hydrogens is 251 g/mol. The molecule has 0 aromatic carbocycles. The molecule has 0 aromatic heterocycles. The van der Waals surface area contributed by atoms with Crippen LogP contribution in [0.5, 0.6) is 0 Å². The number of alkyl halides is 3. The highest BCUT2D eigenvalue weighted by molar-refractivity contribution is 5.88. The van der Waals surface area contributed by atoms with Gasteiger partial charge in [-0.3, -0.25) is 4.79 Å². The van der Waals surface area contributed by atoms with Crippen LogP contribution in [0.25, 0.3) is 0 Å². The van der Waals surface area contributed by atoms with E-state index in [9.17, 15) is 22.8 Å². The van der Waals surface area contributed by atoms with Crippen LogP contribution in [0.4, 0.5) is 13.2 Å². The first-order valence-corrected chi connectivity index (χ1v) is 5.88. The highest BCUT2D eigenvalue weighted by Crippen LogP contribution is 2.42. The van der Waals surface area contributed by atoms with E-state index in [0.29, 0.717) is 17.7 Å². The van der Waals surface area contributed by atoms with Gasteiger partial charge in [0.2, 0.25) is 11.4 Å². The van der Waals surface area contributed by atoms with E-state index in [1.807, 2.05) is 0 Å². The van der Waals surface area contributed by atoms with Gasteiger partial charge in [0, 0.05) is 13.0 Å². The van der Waals surface area contributed by atoms with Crippen molar-refractivity contribution in [2.45, 2.75) is 50.7 Å². The van der Waals surface area contributed by atoms with Gasteiger partial charge in [-0.25, -0.2) is 4.79 Å². The number of carboxylic acids is 1. The Morgan fingerprint density at radius 3 is 2.39 bits per heavy atom.